The molecule has 0 bridgehead atoms. The fraction of sp³-hybridized carbons (Fsp3) is 0.238. The molecule has 0 unspecified atom stereocenters. The second-order valence-electron chi connectivity index (χ2n) is 6.77. The first-order valence-electron chi connectivity index (χ1n) is 8.81. The van der Waals surface area contributed by atoms with Crippen LogP contribution >= 0.6 is 23.1 Å². The summed E-state index contributed by atoms with van der Waals surface area (Å²) in [4.78, 5) is 28.0. The van der Waals surface area contributed by atoms with Crippen molar-refractivity contribution in [2.45, 2.75) is 23.1 Å². The van der Waals surface area contributed by atoms with Gasteiger partial charge in [-0.25, -0.2) is 0 Å². The number of benzene rings is 2. The van der Waals surface area contributed by atoms with E-state index in [2.05, 4.69) is 4.98 Å². The molecule has 2 N–H and O–H groups in total. The van der Waals surface area contributed by atoms with Crippen molar-refractivity contribution in [1.82, 2.24) is 4.98 Å². The number of fused-ring (bicyclic) bond motifs is 1. The molecule has 3 aromatic rings. The number of hydrogen-bond donors (Lipinski definition) is 2. The smallest absolute Gasteiger partial charge is 0.308 e. The van der Waals surface area contributed by atoms with E-state index in [1.165, 1.54) is 11.8 Å². The molecule has 0 saturated heterocycles. The van der Waals surface area contributed by atoms with Gasteiger partial charge in [0.05, 0.1) is 23.3 Å². The summed E-state index contributed by atoms with van der Waals surface area (Å²) >= 11 is 2.52. The Balaban J connectivity index is 1.87. The highest BCUT2D eigenvalue weighted by Gasteiger charge is 2.45. The highest BCUT2D eigenvalue weighted by Crippen LogP contribution is 2.55. The van der Waals surface area contributed by atoms with Crippen molar-refractivity contribution in [3.05, 3.63) is 79.8 Å². The third-order valence-corrected chi connectivity index (χ3v) is 7.49. The molecule has 1 aliphatic heterocycles. The molecule has 0 saturated carbocycles. The van der Waals surface area contributed by atoms with E-state index in [4.69, 9.17) is 4.74 Å². The molecule has 1 aliphatic rings. The lowest BCUT2D eigenvalue weighted by Gasteiger charge is -2.35. The highest BCUT2D eigenvalue weighted by atomic mass is 32.2. The number of carboxylic acids is 1. The second kappa shape index (κ2) is 7.48. The zero-order valence-corrected chi connectivity index (χ0v) is 17.0. The zero-order valence-electron chi connectivity index (χ0n) is 15.3. The zero-order chi connectivity index (χ0) is 19.8. The lowest BCUT2D eigenvalue weighted by Crippen LogP contribution is -2.30. The van der Waals surface area contributed by atoms with Crippen LogP contribution in [0.25, 0.3) is 0 Å². The molecule has 4 rings (SSSR count). The summed E-state index contributed by atoms with van der Waals surface area (Å²) in [7, 11) is 1.60. The van der Waals surface area contributed by atoms with E-state index in [9.17, 15) is 14.7 Å². The van der Waals surface area contributed by atoms with Gasteiger partial charge in [0.25, 0.3) is 0 Å². The number of carboxylic acid groups (broad SMARTS) is 1. The fourth-order valence-corrected chi connectivity index (χ4v) is 6.23. The van der Waals surface area contributed by atoms with Crippen LogP contribution < -0.4 is 9.61 Å². The van der Waals surface area contributed by atoms with Gasteiger partial charge >= 0.3 is 10.8 Å². The number of thioether (sulfide) groups is 1. The molecule has 3 atom stereocenters. The molecule has 5 nitrogen and oxygen atoms in total. The third kappa shape index (κ3) is 3.36. The van der Waals surface area contributed by atoms with Crippen molar-refractivity contribution in [3.63, 3.8) is 0 Å². The predicted molar refractivity (Wildman–Crippen MR) is 111 cm³/mol. The van der Waals surface area contributed by atoms with E-state index in [1.807, 2.05) is 55.5 Å². The quantitative estimate of drug-likeness (QED) is 0.661. The number of aromatic nitrogens is 1. The molecule has 2 heterocycles. The van der Waals surface area contributed by atoms with E-state index in [0.29, 0.717) is 0 Å². The number of nitrogens with one attached hydrogen (secondary N) is 1. The van der Waals surface area contributed by atoms with Gasteiger partial charge in [-0.1, -0.05) is 65.1 Å². The van der Waals surface area contributed by atoms with Crippen molar-refractivity contribution in [2.24, 2.45) is 5.92 Å². The van der Waals surface area contributed by atoms with Crippen molar-refractivity contribution >= 4 is 29.1 Å². The standard InChI is InChI=1S/C21H19NO4S2/c1-11-3-5-12(6-4-11)15-16(20(23)24)17(13-7-9-14(26-2)10-8-13)27-19-18(15)28-21(25)22-19/h3-10,15-17H,1-2H3,(H,22,25)(H,23,24)/t15-,16+,17-/m0/s1. The predicted octanol–water partition coefficient (Wildman–Crippen LogP) is 4.43. The summed E-state index contributed by atoms with van der Waals surface area (Å²) in [5, 5.41) is 10.6. The molecule has 144 valence electrons. The first kappa shape index (κ1) is 18.8. The Kier molecular flexibility index (Phi) is 5.03. The van der Waals surface area contributed by atoms with Gasteiger partial charge in [0, 0.05) is 10.8 Å². The highest BCUT2D eigenvalue weighted by molar-refractivity contribution is 7.99. The first-order valence-corrected chi connectivity index (χ1v) is 10.5. The van der Waals surface area contributed by atoms with Crippen molar-refractivity contribution < 1.29 is 14.6 Å². The van der Waals surface area contributed by atoms with Crippen LogP contribution in [0.1, 0.15) is 32.7 Å². The van der Waals surface area contributed by atoms with Crippen LogP contribution in [0, 0.1) is 12.8 Å². The van der Waals surface area contributed by atoms with Gasteiger partial charge in [-0.15, -0.1) is 0 Å². The molecule has 7 heteroatoms. The van der Waals surface area contributed by atoms with Crippen LogP contribution in [0.5, 0.6) is 5.75 Å². The largest absolute Gasteiger partial charge is 0.497 e. The Labute approximate surface area is 170 Å². The molecule has 0 amide bonds. The van der Waals surface area contributed by atoms with Crippen LogP contribution in [0.3, 0.4) is 0 Å². The lowest BCUT2D eigenvalue weighted by atomic mass is 9.80. The summed E-state index contributed by atoms with van der Waals surface area (Å²) < 4.78 is 5.22. The molecular formula is C21H19NO4S2. The third-order valence-electron chi connectivity index (χ3n) is 5.02. The van der Waals surface area contributed by atoms with Gasteiger partial charge in [-0.2, -0.15) is 0 Å². The van der Waals surface area contributed by atoms with Crippen LogP contribution in [-0.2, 0) is 4.79 Å². The molecule has 2 aromatic carbocycles. The fourth-order valence-electron chi connectivity index (χ4n) is 3.63. The van der Waals surface area contributed by atoms with Crippen molar-refractivity contribution in [3.8, 4) is 5.75 Å². The van der Waals surface area contributed by atoms with Crippen molar-refractivity contribution in [2.75, 3.05) is 7.11 Å². The first-order chi connectivity index (χ1) is 13.5. The minimum atomic E-state index is -0.870. The number of methoxy groups -OCH3 is 1. The van der Waals surface area contributed by atoms with E-state index in [-0.39, 0.29) is 16.0 Å². The average molecular weight is 414 g/mol. The molecule has 0 aliphatic carbocycles. The monoisotopic (exact) mass is 413 g/mol. The van der Waals surface area contributed by atoms with Crippen molar-refractivity contribution in [1.29, 1.82) is 0 Å². The number of aromatic amines is 1. The Morgan fingerprint density at radius 3 is 2.32 bits per heavy atom. The summed E-state index contributed by atoms with van der Waals surface area (Å²) in [5.74, 6) is -1.23. The minimum Gasteiger partial charge on any atom is -0.497 e. The normalized spacial score (nSPS) is 21.1. The Hall–Kier alpha value is -2.51. The second-order valence-corrected chi connectivity index (χ2v) is 8.94. The van der Waals surface area contributed by atoms with Crippen LogP contribution in [0.15, 0.2) is 58.4 Å². The molecule has 1 aromatic heterocycles. The molecule has 0 spiro atoms. The average Bonchev–Trinajstić information content (AvgIpc) is 3.07. The van der Waals surface area contributed by atoms with Gasteiger partial charge in [-0.05, 0) is 30.2 Å². The summed E-state index contributed by atoms with van der Waals surface area (Å²) in [6.07, 6.45) is 0. The Bertz CT molecular complexity index is 1050. The van der Waals surface area contributed by atoms with Gasteiger partial charge in [0.15, 0.2) is 0 Å². The maximum absolute atomic E-state index is 12.4. The minimum absolute atomic E-state index is 0.158. The number of aliphatic carboxylic acids is 1. The number of H-pyrrole nitrogens is 1. The number of rotatable bonds is 4. The molecule has 0 fully saturated rings. The van der Waals surface area contributed by atoms with E-state index in [0.717, 1.165) is 43.7 Å². The number of thiazole rings is 1. The molecule has 0 radical (unpaired) electrons. The Morgan fingerprint density at radius 2 is 1.71 bits per heavy atom. The van der Waals surface area contributed by atoms with E-state index < -0.39 is 11.9 Å². The topological polar surface area (TPSA) is 79.4 Å². The number of ether oxygens (including phenoxy) is 1. The van der Waals surface area contributed by atoms with Gasteiger partial charge in [-0.3, -0.25) is 9.59 Å². The number of aryl methyl sites for hydroxylation is 1. The summed E-state index contributed by atoms with van der Waals surface area (Å²) in [5.41, 5.74) is 2.91. The maximum Gasteiger partial charge on any atom is 0.308 e. The molecule has 28 heavy (non-hydrogen) atoms. The lowest BCUT2D eigenvalue weighted by molar-refractivity contribution is -0.142. The van der Waals surface area contributed by atoms with Crippen LogP contribution in [-0.4, -0.2) is 23.2 Å². The maximum atomic E-state index is 12.4. The van der Waals surface area contributed by atoms with Gasteiger partial charge < -0.3 is 14.8 Å². The van der Waals surface area contributed by atoms with E-state index >= 15 is 0 Å². The SMILES string of the molecule is COc1ccc([C@@H]2Sc3[nH]c(=O)sc3[C@@H](c3ccc(C)cc3)[C@H]2C(=O)O)cc1. The van der Waals surface area contributed by atoms with Crippen LogP contribution in [0.4, 0.5) is 0 Å². The summed E-state index contributed by atoms with van der Waals surface area (Å²) in [6.45, 7) is 2.00. The number of carbonyl (C=O) groups is 1. The number of hydrogen-bond acceptors (Lipinski definition) is 5. The molecular weight excluding hydrogens is 394 g/mol. The Morgan fingerprint density at radius 1 is 1.07 bits per heavy atom. The van der Waals surface area contributed by atoms with Gasteiger partial charge in [0.1, 0.15) is 5.75 Å². The van der Waals surface area contributed by atoms with Gasteiger partial charge in [0.2, 0.25) is 0 Å². The van der Waals surface area contributed by atoms with Crippen LogP contribution in [0.2, 0.25) is 0 Å². The summed E-state index contributed by atoms with van der Waals surface area (Å²) in [6, 6.07) is 15.3. The van der Waals surface area contributed by atoms with E-state index in [1.54, 1.807) is 7.11 Å².